The molecular weight excluding hydrogens is 560 g/mol. The molecule has 0 saturated carbocycles. The number of fused-ring (bicyclic) bond motifs is 1. The van der Waals surface area contributed by atoms with E-state index >= 15 is 0 Å². The molecule has 0 fully saturated rings. The van der Waals surface area contributed by atoms with Crippen LogP contribution >= 0.6 is 11.8 Å². The molecular formula is C35H34N2O5S. The van der Waals surface area contributed by atoms with Crippen LogP contribution in [0.3, 0.4) is 0 Å². The van der Waals surface area contributed by atoms with Crippen molar-refractivity contribution < 1.29 is 23.9 Å². The number of hydrogen-bond acceptors (Lipinski definition) is 6. The average molecular weight is 595 g/mol. The van der Waals surface area contributed by atoms with Crippen molar-refractivity contribution in [1.82, 2.24) is 4.90 Å². The number of rotatable bonds is 8. The summed E-state index contributed by atoms with van der Waals surface area (Å²) in [6, 6.07) is 32.0. The topological polar surface area (TPSA) is 76.2 Å². The van der Waals surface area contributed by atoms with Gasteiger partial charge in [0.05, 0.1) is 16.5 Å². The highest BCUT2D eigenvalue weighted by atomic mass is 32.2. The van der Waals surface area contributed by atoms with E-state index < -0.39 is 23.4 Å². The second kappa shape index (κ2) is 13.6. The number of aryl methyl sites for hydroxylation is 2. The molecule has 8 heteroatoms. The van der Waals surface area contributed by atoms with Crippen molar-refractivity contribution in [2.24, 2.45) is 0 Å². The number of amides is 2. The first-order chi connectivity index (χ1) is 20.8. The molecule has 1 aliphatic heterocycles. The molecule has 2 atom stereocenters. The van der Waals surface area contributed by atoms with Gasteiger partial charge in [0.15, 0.2) is 6.10 Å². The monoisotopic (exact) mass is 594 g/mol. The van der Waals surface area contributed by atoms with E-state index in [-0.39, 0.29) is 25.6 Å². The zero-order valence-electron chi connectivity index (χ0n) is 24.4. The number of thioether (sulfide) groups is 1. The van der Waals surface area contributed by atoms with Crippen molar-refractivity contribution in [2.45, 2.75) is 36.7 Å². The molecule has 1 aliphatic rings. The highest BCUT2D eigenvalue weighted by Crippen LogP contribution is 2.47. The molecule has 1 heterocycles. The third kappa shape index (κ3) is 7.27. The van der Waals surface area contributed by atoms with E-state index in [0.717, 1.165) is 27.1 Å². The Morgan fingerprint density at radius 1 is 0.860 bits per heavy atom. The summed E-state index contributed by atoms with van der Waals surface area (Å²) in [7, 11) is 1.64. The number of esters is 1. The Hall–Kier alpha value is -4.56. The number of carbonyl (C=O) groups excluding carboxylic acids is 3. The van der Waals surface area contributed by atoms with Crippen LogP contribution in [0.15, 0.2) is 108 Å². The first-order valence-electron chi connectivity index (χ1n) is 14.1. The van der Waals surface area contributed by atoms with Crippen molar-refractivity contribution in [3.8, 4) is 0 Å². The standard InChI is InChI=1S/C35H34N2O5S/c1-24-14-17-27(18-15-24)32-31(42-34(39)28-12-8-5-9-13-28)33(38)37(29-19-16-25(2)22-30(29)43-32)21-20-36(3)35(40)41-23-26-10-6-4-7-11-26/h4-19,22,31-32H,20-21,23H2,1-3H3/t31-,32+/m1/s1. The summed E-state index contributed by atoms with van der Waals surface area (Å²) < 4.78 is 11.5. The van der Waals surface area contributed by atoms with Crippen LogP contribution in [0.5, 0.6) is 0 Å². The number of hydrogen-bond donors (Lipinski definition) is 0. The number of nitrogens with zero attached hydrogens (tertiary/aromatic N) is 2. The quantitative estimate of drug-likeness (QED) is 0.205. The van der Waals surface area contributed by atoms with E-state index in [4.69, 9.17) is 9.47 Å². The summed E-state index contributed by atoms with van der Waals surface area (Å²) in [4.78, 5) is 44.5. The molecule has 0 bridgehead atoms. The molecule has 0 radical (unpaired) electrons. The highest BCUT2D eigenvalue weighted by Gasteiger charge is 2.41. The molecule has 0 saturated heterocycles. The Kier molecular flexibility index (Phi) is 9.47. The molecule has 43 heavy (non-hydrogen) atoms. The van der Waals surface area contributed by atoms with Gasteiger partial charge >= 0.3 is 12.1 Å². The molecule has 0 aromatic heterocycles. The maximum atomic E-state index is 14.4. The van der Waals surface area contributed by atoms with Crippen LogP contribution in [-0.2, 0) is 20.9 Å². The number of benzene rings is 4. The minimum Gasteiger partial charge on any atom is -0.447 e. The Labute approximate surface area is 256 Å². The van der Waals surface area contributed by atoms with Gasteiger partial charge in [0.2, 0.25) is 0 Å². The fourth-order valence-electron chi connectivity index (χ4n) is 4.81. The second-order valence-electron chi connectivity index (χ2n) is 10.6. The number of anilines is 1. The van der Waals surface area contributed by atoms with Crippen LogP contribution in [0.4, 0.5) is 10.5 Å². The Bertz CT molecular complexity index is 1580. The lowest BCUT2D eigenvalue weighted by Gasteiger charge is -2.29. The van der Waals surface area contributed by atoms with Crippen LogP contribution < -0.4 is 4.90 Å². The molecule has 0 N–H and O–H groups in total. The lowest BCUT2D eigenvalue weighted by atomic mass is 10.0. The Morgan fingerprint density at radius 3 is 2.21 bits per heavy atom. The van der Waals surface area contributed by atoms with Crippen molar-refractivity contribution in [1.29, 1.82) is 0 Å². The molecule has 4 aromatic rings. The molecule has 2 amide bonds. The number of carbonyl (C=O) groups is 3. The maximum absolute atomic E-state index is 14.4. The average Bonchev–Trinajstić information content (AvgIpc) is 3.13. The largest absolute Gasteiger partial charge is 0.447 e. The third-order valence-electron chi connectivity index (χ3n) is 7.27. The van der Waals surface area contributed by atoms with Gasteiger partial charge in [-0.2, -0.15) is 0 Å². The predicted molar refractivity (Wildman–Crippen MR) is 168 cm³/mol. The molecule has 0 unspecified atom stereocenters. The van der Waals surface area contributed by atoms with E-state index in [1.165, 1.54) is 16.7 Å². The summed E-state index contributed by atoms with van der Waals surface area (Å²) in [5, 5.41) is -0.486. The van der Waals surface area contributed by atoms with E-state index in [2.05, 4.69) is 0 Å². The summed E-state index contributed by atoms with van der Waals surface area (Å²) in [6.07, 6.45) is -1.60. The zero-order valence-corrected chi connectivity index (χ0v) is 25.3. The van der Waals surface area contributed by atoms with Gasteiger partial charge in [0.25, 0.3) is 5.91 Å². The Balaban J connectivity index is 1.43. The normalized spacial score (nSPS) is 16.2. The Morgan fingerprint density at radius 2 is 1.51 bits per heavy atom. The minimum absolute atomic E-state index is 0.154. The van der Waals surface area contributed by atoms with Crippen LogP contribution in [0, 0.1) is 13.8 Å². The summed E-state index contributed by atoms with van der Waals surface area (Å²) in [5.74, 6) is -0.920. The van der Waals surface area contributed by atoms with Gasteiger partial charge in [-0.25, -0.2) is 9.59 Å². The smallest absolute Gasteiger partial charge is 0.409 e. The first kappa shape index (κ1) is 29.9. The molecule has 7 nitrogen and oxygen atoms in total. The third-order valence-corrected chi connectivity index (χ3v) is 8.62. The van der Waals surface area contributed by atoms with Gasteiger partial charge in [-0.1, -0.05) is 84.4 Å². The molecule has 5 rings (SSSR count). The SMILES string of the molecule is Cc1ccc([C@@H]2Sc3cc(C)ccc3N(CCN(C)C(=O)OCc3ccccc3)C(=O)[C@@H]2OC(=O)c2ccccc2)cc1. The minimum atomic E-state index is -1.11. The zero-order chi connectivity index (χ0) is 30.3. The van der Waals surface area contributed by atoms with Gasteiger partial charge in [-0.05, 0) is 54.8 Å². The second-order valence-corrected chi connectivity index (χ2v) is 11.7. The molecule has 0 spiro atoms. The molecule has 4 aromatic carbocycles. The van der Waals surface area contributed by atoms with Crippen molar-refractivity contribution in [3.63, 3.8) is 0 Å². The fraction of sp³-hybridized carbons (Fsp3) is 0.229. The summed E-state index contributed by atoms with van der Waals surface area (Å²) >= 11 is 1.51. The van der Waals surface area contributed by atoms with Gasteiger partial charge in [0.1, 0.15) is 6.61 Å². The predicted octanol–water partition coefficient (Wildman–Crippen LogP) is 6.98. The van der Waals surface area contributed by atoms with Gasteiger partial charge in [-0.15, -0.1) is 11.8 Å². The summed E-state index contributed by atoms with van der Waals surface area (Å²) in [6.45, 7) is 4.56. The van der Waals surface area contributed by atoms with Crippen molar-refractivity contribution >= 4 is 35.4 Å². The molecule has 0 aliphatic carbocycles. The number of likely N-dealkylation sites (N-methyl/N-ethyl adjacent to an activating group) is 1. The van der Waals surface area contributed by atoms with Crippen molar-refractivity contribution in [3.05, 3.63) is 131 Å². The van der Waals surface area contributed by atoms with Crippen LogP contribution in [0.1, 0.15) is 37.9 Å². The van der Waals surface area contributed by atoms with E-state index in [1.54, 1.807) is 36.2 Å². The lowest BCUT2D eigenvalue weighted by molar-refractivity contribution is -0.127. The maximum Gasteiger partial charge on any atom is 0.409 e. The van der Waals surface area contributed by atoms with E-state index in [0.29, 0.717) is 11.3 Å². The first-order valence-corrected chi connectivity index (χ1v) is 15.0. The van der Waals surface area contributed by atoms with Crippen LogP contribution in [0.25, 0.3) is 0 Å². The highest BCUT2D eigenvalue weighted by molar-refractivity contribution is 7.99. The van der Waals surface area contributed by atoms with Gasteiger partial charge in [-0.3, -0.25) is 4.79 Å². The van der Waals surface area contributed by atoms with Crippen LogP contribution in [-0.4, -0.2) is 49.1 Å². The van der Waals surface area contributed by atoms with Gasteiger partial charge in [0, 0.05) is 25.0 Å². The van der Waals surface area contributed by atoms with Gasteiger partial charge < -0.3 is 19.3 Å². The van der Waals surface area contributed by atoms with Crippen LogP contribution in [0.2, 0.25) is 0 Å². The van der Waals surface area contributed by atoms with Crippen molar-refractivity contribution in [2.75, 3.05) is 25.0 Å². The lowest BCUT2D eigenvalue weighted by Crippen LogP contribution is -2.46. The fourth-order valence-corrected chi connectivity index (χ4v) is 6.22. The number of ether oxygens (including phenoxy) is 2. The molecule has 220 valence electrons. The summed E-state index contributed by atoms with van der Waals surface area (Å²) in [5.41, 5.74) is 4.98. The van der Waals surface area contributed by atoms with E-state index in [1.807, 2.05) is 92.7 Å². The van der Waals surface area contributed by atoms with E-state index in [9.17, 15) is 14.4 Å².